The van der Waals surface area contributed by atoms with Crippen molar-refractivity contribution in [2.24, 2.45) is 0 Å². The molecule has 0 aliphatic carbocycles. The minimum Gasteiger partial charge on any atom is -0.356 e. The summed E-state index contributed by atoms with van der Waals surface area (Å²) in [6.07, 6.45) is 2.24. The highest BCUT2D eigenvalue weighted by Crippen LogP contribution is 2.43. The monoisotopic (exact) mass is 505 g/mol. The smallest absolute Gasteiger partial charge is 0.246 e. The lowest BCUT2D eigenvalue weighted by Crippen LogP contribution is -2.64. The summed E-state index contributed by atoms with van der Waals surface area (Å²) in [5.74, 6) is 0.504. The van der Waals surface area contributed by atoms with Crippen molar-refractivity contribution in [3.63, 3.8) is 0 Å². The maximum atomic E-state index is 14.1. The van der Waals surface area contributed by atoms with Crippen LogP contribution in [0.3, 0.4) is 0 Å². The predicted octanol–water partition coefficient (Wildman–Crippen LogP) is 6.00. The number of benzene rings is 3. The number of piperazine rings is 1. The van der Waals surface area contributed by atoms with Crippen LogP contribution in [0, 0.1) is 0 Å². The molecule has 1 fully saturated rings. The van der Waals surface area contributed by atoms with E-state index in [0.29, 0.717) is 12.3 Å². The van der Waals surface area contributed by atoms with Crippen molar-refractivity contribution in [3.8, 4) is 0 Å². The summed E-state index contributed by atoms with van der Waals surface area (Å²) in [4.78, 5) is 35.2. The molecule has 0 saturated carbocycles. The Morgan fingerprint density at radius 3 is 2.34 bits per heavy atom. The van der Waals surface area contributed by atoms with Crippen LogP contribution in [-0.2, 0) is 22.4 Å². The average molecular weight is 506 g/mol. The number of aryl methyl sites for hydroxylation is 1. The highest BCUT2D eigenvalue weighted by atomic mass is 16.2. The molecule has 1 saturated heterocycles. The van der Waals surface area contributed by atoms with Gasteiger partial charge in [-0.3, -0.25) is 9.59 Å². The molecule has 0 bridgehead atoms. The maximum Gasteiger partial charge on any atom is 0.246 e. The fourth-order valence-electron chi connectivity index (χ4n) is 6.25. The van der Waals surface area contributed by atoms with Gasteiger partial charge in [-0.2, -0.15) is 0 Å². The number of carbonyl (C=O) groups is 2. The highest BCUT2D eigenvalue weighted by molar-refractivity contribution is 5.97. The molecule has 38 heavy (non-hydrogen) atoms. The van der Waals surface area contributed by atoms with Gasteiger partial charge in [0.15, 0.2) is 0 Å². The van der Waals surface area contributed by atoms with E-state index in [4.69, 9.17) is 0 Å². The van der Waals surface area contributed by atoms with Crippen molar-refractivity contribution in [2.75, 3.05) is 6.54 Å². The molecule has 2 aliphatic heterocycles. The van der Waals surface area contributed by atoms with Crippen LogP contribution < -0.4 is 0 Å². The number of rotatable bonds is 6. The number of nitrogens with one attached hydrogen (secondary N) is 1. The molecule has 2 aliphatic rings. The largest absolute Gasteiger partial charge is 0.356 e. The Labute approximate surface area is 224 Å². The van der Waals surface area contributed by atoms with E-state index < -0.39 is 6.04 Å². The van der Waals surface area contributed by atoms with E-state index in [1.165, 1.54) is 11.1 Å². The Morgan fingerprint density at radius 1 is 0.895 bits per heavy atom. The number of fused-ring (bicyclic) bond motifs is 4. The molecule has 0 unspecified atom stereocenters. The van der Waals surface area contributed by atoms with Crippen molar-refractivity contribution in [1.82, 2.24) is 14.8 Å². The van der Waals surface area contributed by atoms with Gasteiger partial charge in [-0.1, -0.05) is 86.6 Å². The molecule has 4 aromatic rings. The number of H-pyrrole nitrogens is 1. The van der Waals surface area contributed by atoms with Gasteiger partial charge in [0.2, 0.25) is 11.8 Å². The number of aromatic amines is 1. The number of carbonyl (C=O) groups excluding carboxylic acids is 2. The Balaban J connectivity index is 1.36. The van der Waals surface area contributed by atoms with E-state index >= 15 is 0 Å². The van der Waals surface area contributed by atoms with Crippen LogP contribution in [0.15, 0.2) is 78.9 Å². The third kappa shape index (κ3) is 4.20. The third-order valence-electron chi connectivity index (χ3n) is 8.44. The molecular weight excluding hydrogens is 470 g/mol. The molecule has 1 N–H and O–H groups in total. The Bertz CT molecular complexity index is 1470. The number of para-hydroxylation sites is 1. The fraction of sp³-hybridized carbons (Fsp3) is 0.333. The van der Waals surface area contributed by atoms with Gasteiger partial charge in [0, 0.05) is 29.1 Å². The molecule has 3 atom stereocenters. The van der Waals surface area contributed by atoms with Gasteiger partial charge in [0.05, 0.1) is 6.04 Å². The molecule has 5 heteroatoms. The van der Waals surface area contributed by atoms with Crippen LogP contribution in [0.1, 0.15) is 67.1 Å². The molecule has 0 spiro atoms. The van der Waals surface area contributed by atoms with Crippen LogP contribution >= 0.6 is 0 Å². The Kier molecular flexibility index (Phi) is 6.30. The predicted molar refractivity (Wildman–Crippen MR) is 151 cm³/mol. The Hall–Kier alpha value is -3.86. The first-order chi connectivity index (χ1) is 18.4. The van der Waals surface area contributed by atoms with Crippen LogP contribution in [-0.4, -0.2) is 45.2 Å². The minimum atomic E-state index is -0.503. The molecule has 1 aromatic heterocycles. The zero-order chi connectivity index (χ0) is 26.4. The first kappa shape index (κ1) is 24.5. The van der Waals surface area contributed by atoms with Crippen LogP contribution in [0.5, 0.6) is 0 Å². The standard InChI is InChI=1S/C33H35N3O2/c1-21(2)24-15-17-25(18-16-24)32-31-27(26-11-7-8-12-28(26)34-31)19-29-33(38)35(20-30(37)36(29)32)22(3)13-14-23-9-5-4-6-10-23/h4-12,15-18,21-22,29,32,34H,13-14,19-20H2,1-3H3/t22-,29+,32-/m1/s1. The lowest BCUT2D eigenvalue weighted by molar-refractivity contribution is -0.160. The number of nitrogens with zero attached hydrogens (tertiary/aromatic N) is 2. The van der Waals surface area contributed by atoms with Crippen molar-refractivity contribution in [1.29, 1.82) is 0 Å². The molecular formula is C33H35N3O2. The third-order valence-corrected chi connectivity index (χ3v) is 8.44. The fourth-order valence-corrected chi connectivity index (χ4v) is 6.25. The summed E-state index contributed by atoms with van der Waals surface area (Å²) in [5, 5.41) is 1.14. The molecule has 3 heterocycles. The van der Waals surface area contributed by atoms with Gasteiger partial charge in [-0.05, 0) is 54.0 Å². The van der Waals surface area contributed by atoms with E-state index in [0.717, 1.165) is 40.6 Å². The quantitative estimate of drug-likeness (QED) is 0.350. The van der Waals surface area contributed by atoms with Gasteiger partial charge < -0.3 is 14.8 Å². The molecule has 0 radical (unpaired) electrons. The molecule has 194 valence electrons. The average Bonchev–Trinajstić information content (AvgIpc) is 3.31. The summed E-state index contributed by atoms with van der Waals surface area (Å²) in [5.41, 5.74) is 6.79. The van der Waals surface area contributed by atoms with Crippen molar-refractivity contribution >= 4 is 22.7 Å². The summed E-state index contributed by atoms with van der Waals surface area (Å²) in [7, 11) is 0. The van der Waals surface area contributed by atoms with E-state index in [9.17, 15) is 9.59 Å². The number of amides is 2. The highest BCUT2D eigenvalue weighted by Gasteiger charge is 2.48. The first-order valence-corrected chi connectivity index (χ1v) is 13.8. The van der Waals surface area contributed by atoms with Gasteiger partial charge >= 0.3 is 0 Å². The number of hydrogen-bond donors (Lipinski definition) is 1. The molecule has 6 rings (SSSR count). The van der Waals surface area contributed by atoms with Gasteiger partial charge in [0.25, 0.3) is 0 Å². The maximum absolute atomic E-state index is 14.1. The second-order valence-corrected chi connectivity index (χ2v) is 11.1. The Morgan fingerprint density at radius 2 is 1.61 bits per heavy atom. The second-order valence-electron chi connectivity index (χ2n) is 11.1. The summed E-state index contributed by atoms with van der Waals surface area (Å²) >= 11 is 0. The number of hydrogen-bond acceptors (Lipinski definition) is 2. The van der Waals surface area contributed by atoms with Gasteiger partial charge in [-0.25, -0.2) is 0 Å². The SMILES string of the molecule is CC(C)c1ccc([C@@H]2c3[nH]c4ccccc4c3C[C@H]3C(=O)N([C@H](C)CCc4ccccc4)CC(=O)N23)cc1. The zero-order valence-electron chi connectivity index (χ0n) is 22.4. The van der Waals surface area contributed by atoms with Crippen LogP contribution in [0.25, 0.3) is 10.9 Å². The van der Waals surface area contributed by atoms with Crippen LogP contribution in [0.2, 0.25) is 0 Å². The van der Waals surface area contributed by atoms with Gasteiger partial charge in [-0.15, -0.1) is 0 Å². The summed E-state index contributed by atoms with van der Waals surface area (Å²) in [6.45, 7) is 6.57. The molecule has 2 amide bonds. The zero-order valence-corrected chi connectivity index (χ0v) is 22.4. The normalized spacial score (nSPS) is 20.1. The van der Waals surface area contributed by atoms with Crippen molar-refractivity contribution in [2.45, 2.75) is 64.1 Å². The second kappa shape index (κ2) is 9.79. The van der Waals surface area contributed by atoms with Gasteiger partial charge in [0.1, 0.15) is 12.6 Å². The lowest BCUT2D eigenvalue weighted by Gasteiger charge is -2.48. The minimum absolute atomic E-state index is 0.0121. The van der Waals surface area contributed by atoms with E-state index in [-0.39, 0.29) is 30.4 Å². The van der Waals surface area contributed by atoms with E-state index in [2.05, 4.69) is 74.3 Å². The summed E-state index contributed by atoms with van der Waals surface area (Å²) in [6, 6.07) is 26.3. The van der Waals surface area contributed by atoms with Crippen LogP contribution in [0.4, 0.5) is 0 Å². The summed E-state index contributed by atoms with van der Waals surface area (Å²) < 4.78 is 0. The molecule has 5 nitrogen and oxygen atoms in total. The molecule has 3 aromatic carbocycles. The van der Waals surface area contributed by atoms with Crippen molar-refractivity contribution < 1.29 is 9.59 Å². The van der Waals surface area contributed by atoms with Crippen molar-refractivity contribution in [3.05, 3.63) is 107 Å². The first-order valence-electron chi connectivity index (χ1n) is 13.8. The number of aromatic nitrogens is 1. The van der Waals surface area contributed by atoms with E-state index in [1.54, 1.807) is 0 Å². The van der Waals surface area contributed by atoms with E-state index in [1.807, 2.05) is 40.1 Å². The topological polar surface area (TPSA) is 56.4 Å². The lowest BCUT2D eigenvalue weighted by atomic mass is 9.85.